The van der Waals surface area contributed by atoms with Crippen LogP contribution < -0.4 is 25.8 Å². The number of carbonyl (C=O) groups excluding carboxylic acids is 1. The summed E-state index contributed by atoms with van der Waals surface area (Å²) in [7, 11) is 0. The Labute approximate surface area is 313 Å². The molecule has 4 aromatic rings. The molecule has 0 saturated carbocycles. The Balaban J connectivity index is 1.31. The molecule has 5 atom stereocenters. The van der Waals surface area contributed by atoms with E-state index in [0.29, 0.717) is 44.8 Å². The van der Waals surface area contributed by atoms with Gasteiger partial charge in [-0.3, -0.25) is 9.69 Å². The molecule has 3 saturated heterocycles. The van der Waals surface area contributed by atoms with Crippen LogP contribution in [0.25, 0.3) is 32.1 Å². The van der Waals surface area contributed by atoms with Gasteiger partial charge in [0, 0.05) is 43.0 Å². The Hall–Kier alpha value is -4.10. The number of rotatable bonds is 7. The number of hydrogen-bond acceptors (Lipinski definition) is 11. The molecule has 11 nitrogen and oxygen atoms in total. The lowest BCUT2D eigenvalue weighted by molar-refractivity contribution is -0.132. The molecule has 16 heteroatoms. The van der Waals surface area contributed by atoms with Crippen LogP contribution in [0.5, 0.6) is 11.8 Å². The third-order valence-corrected chi connectivity index (χ3v) is 12.7. The van der Waals surface area contributed by atoms with E-state index in [1.54, 1.807) is 4.90 Å². The van der Waals surface area contributed by atoms with Gasteiger partial charge in [-0.2, -0.15) is 15.2 Å². The first-order chi connectivity index (χ1) is 25.3. The second-order valence-electron chi connectivity index (χ2n) is 15.1. The number of anilines is 2. The molecule has 3 fully saturated rings. The van der Waals surface area contributed by atoms with Gasteiger partial charge in [-0.25, -0.2) is 13.2 Å². The van der Waals surface area contributed by atoms with Gasteiger partial charge in [0.15, 0.2) is 11.6 Å². The molecule has 4 aliphatic heterocycles. The van der Waals surface area contributed by atoms with E-state index in [9.17, 15) is 14.4 Å². The predicted molar refractivity (Wildman–Crippen MR) is 198 cm³/mol. The normalized spacial score (nSPS) is 24.9. The number of aromatic nitrogens is 2. The molecule has 0 aliphatic carbocycles. The smallest absolute Gasteiger partial charge is 0.319 e. The SMILES string of the molecule is CC(C)[C@H](N)C(=O)N1CCC(N2C[C@H](C)Oc3c(Cl)c(-c4ccc(F)c5sc(N)c(C#N)c45)c(F)c4nc(OC[C@@]56CCCN5C[C@H](F)C6)nc2c34)C1. The highest BCUT2D eigenvalue weighted by Crippen LogP contribution is 2.51. The van der Waals surface area contributed by atoms with Gasteiger partial charge in [-0.05, 0) is 50.3 Å². The average Bonchev–Trinajstić information content (AvgIpc) is 3.89. The highest BCUT2D eigenvalue weighted by Gasteiger charge is 2.49. The fourth-order valence-electron chi connectivity index (χ4n) is 8.63. The number of ether oxygens (including phenoxy) is 2. The number of hydrogen-bond donors (Lipinski definition) is 2. The molecule has 0 bridgehead atoms. The van der Waals surface area contributed by atoms with Gasteiger partial charge >= 0.3 is 6.01 Å². The molecule has 2 aromatic carbocycles. The second-order valence-corrected chi connectivity index (χ2v) is 16.5. The molecule has 8 rings (SSSR count). The number of fused-ring (bicyclic) bond motifs is 2. The maximum absolute atomic E-state index is 17.4. The lowest BCUT2D eigenvalue weighted by atomic mass is 9.95. The average molecular weight is 769 g/mol. The quantitative estimate of drug-likeness (QED) is 0.229. The van der Waals surface area contributed by atoms with Crippen molar-refractivity contribution in [1.29, 1.82) is 5.26 Å². The minimum Gasteiger partial charge on any atom is -0.486 e. The summed E-state index contributed by atoms with van der Waals surface area (Å²) < 4.78 is 60.1. The molecule has 1 unspecified atom stereocenters. The predicted octanol–water partition coefficient (Wildman–Crippen LogP) is 6.02. The van der Waals surface area contributed by atoms with Crippen LogP contribution in [-0.4, -0.2) is 94.9 Å². The summed E-state index contributed by atoms with van der Waals surface area (Å²) in [5.74, 6) is -1.20. The number of nitrogen functional groups attached to an aromatic ring is 1. The topological polar surface area (TPSA) is 147 Å². The third kappa shape index (κ3) is 5.80. The Morgan fingerprint density at radius 1 is 1.23 bits per heavy atom. The van der Waals surface area contributed by atoms with Gasteiger partial charge in [0.2, 0.25) is 5.91 Å². The minimum absolute atomic E-state index is 0.00872. The van der Waals surface area contributed by atoms with Crippen molar-refractivity contribution in [3.05, 3.63) is 34.4 Å². The number of nitriles is 1. The lowest BCUT2D eigenvalue weighted by Crippen LogP contribution is -2.48. The van der Waals surface area contributed by atoms with Crippen LogP contribution in [0.4, 0.5) is 24.0 Å². The number of benzene rings is 2. The first-order valence-electron chi connectivity index (χ1n) is 17.9. The van der Waals surface area contributed by atoms with Crippen LogP contribution in [0, 0.1) is 28.9 Å². The highest BCUT2D eigenvalue weighted by molar-refractivity contribution is 7.23. The zero-order valence-corrected chi connectivity index (χ0v) is 31.2. The second kappa shape index (κ2) is 13.3. The molecule has 1 amide bonds. The van der Waals surface area contributed by atoms with Crippen molar-refractivity contribution in [2.75, 3.05) is 50.0 Å². The van der Waals surface area contributed by atoms with Gasteiger partial charge in [0.25, 0.3) is 0 Å². The molecule has 0 radical (unpaired) electrons. The van der Waals surface area contributed by atoms with Gasteiger partial charge in [0.1, 0.15) is 47.1 Å². The van der Waals surface area contributed by atoms with Crippen LogP contribution in [0.1, 0.15) is 52.0 Å². The van der Waals surface area contributed by atoms with Gasteiger partial charge in [0.05, 0.1) is 38.8 Å². The monoisotopic (exact) mass is 768 g/mol. The summed E-state index contributed by atoms with van der Waals surface area (Å²) in [6.45, 7) is 8.00. The number of amides is 1. The van der Waals surface area contributed by atoms with Crippen molar-refractivity contribution in [3.63, 3.8) is 0 Å². The van der Waals surface area contributed by atoms with Crippen molar-refractivity contribution in [3.8, 4) is 29.0 Å². The van der Waals surface area contributed by atoms with Crippen LogP contribution in [0.3, 0.4) is 0 Å². The number of alkyl halides is 1. The summed E-state index contributed by atoms with van der Waals surface area (Å²) in [5.41, 5.74) is 11.7. The fraction of sp³-hybridized carbons (Fsp3) is 0.514. The summed E-state index contributed by atoms with van der Waals surface area (Å²) in [6, 6.07) is 3.59. The Bertz CT molecular complexity index is 2200. The molecule has 6 heterocycles. The molecule has 0 spiro atoms. The van der Waals surface area contributed by atoms with Gasteiger partial charge in [-0.15, -0.1) is 11.3 Å². The van der Waals surface area contributed by atoms with E-state index in [-0.39, 0.29) is 83.9 Å². The number of nitrogens with zero attached hydrogens (tertiary/aromatic N) is 6. The lowest BCUT2D eigenvalue weighted by Gasteiger charge is -2.32. The molecule has 2 aromatic heterocycles. The molecule has 4 N–H and O–H groups in total. The largest absolute Gasteiger partial charge is 0.486 e. The number of likely N-dealkylation sites (tertiary alicyclic amines) is 1. The maximum Gasteiger partial charge on any atom is 0.319 e. The zero-order valence-electron chi connectivity index (χ0n) is 29.6. The summed E-state index contributed by atoms with van der Waals surface area (Å²) >= 11 is 8.02. The standard InChI is InChI=1S/C37H40ClF3N8O3S/c1-17(2)29(43)35(50)47-10-7-20(15-47)49-13-18(3)52-31-26-30(45-36(46-34(26)49)51-16-37-8-4-9-48(37)14-19(39)11-37)28(41)25(27(31)38)21-5-6-23(40)32-24(21)22(12-42)33(44)53-32/h5-6,17-20,29H,4,7-11,13-16,43-44H2,1-3H3/t18-,19+,20?,29-,37-/m0/s1. The van der Waals surface area contributed by atoms with Crippen LogP contribution in [-0.2, 0) is 4.79 Å². The molecule has 280 valence electrons. The molecule has 4 aliphatic rings. The number of halogens is 4. The first kappa shape index (κ1) is 35.9. The van der Waals surface area contributed by atoms with E-state index in [4.69, 9.17) is 37.5 Å². The van der Waals surface area contributed by atoms with Crippen molar-refractivity contribution in [1.82, 2.24) is 19.8 Å². The van der Waals surface area contributed by atoms with Crippen molar-refractivity contribution < 1.29 is 27.4 Å². The van der Waals surface area contributed by atoms with E-state index in [0.717, 1.165) is 30.7 Å². The summed E-state index contributed by atoms with van der Waals surface area (Å²) in [4.78, 5) is 28.7. The Morgan fingerprint density at radius 2 is 2.02 bits per heavy atom. The van der Waals surface area contributed by atoms with Gasteiger partial charge < -0.3 is 30.7 Å². The zero-order chi connectivity index (χ0) is 37.5. The molecular formula is C37H40ClF3N8O3S. The Morgan fingerprint density at radius 3 is 2.77 bits per heavy atom. The molecule has 53 heavy (non-hydrogen) atoms. The van der Waals surface area contributed by atoms with Gasteiger partial charge in [-0.1, -0.05) is 31.5 Å². The highest BCUT2D eigenvalue weighted by atomic mass is 35.5. The summed E-state index contributed by atoms with van der Waals surface area (Å²) in [6.07, 6.45) is 1.09. The first-order valence-corrected chi connectivity index (χ1v) is 19.1. The summed E-state index contributed by atoms with van der Waals surface area (Å²) in [5, 5.41) is 10.3. The van der Waals surface area contributed by atoms with E-state index >= 15 is 8.78 Å². The van der Waals surface area contributed by atoms with Crippen molar-refractivity contribution in [2.45, 2.75) is 76.4 Å². The van der Waals surface area contributed by atoms with E-state index in [2.05, 4.69) is 9.88 Å². The van der Waals surface area contributed by atoms with E-state index in [1.807, 2.05) is 31.7 Å². The van der Waals surface area contributed by atoms with Crippen LogP contribution in [0.2, 0.25) is 5.02 Å². The number of nitrogens with two attached hydrogens (primary N) is 2. The van der Waals surface area contributed by atoms with E-state index in [1.165, 1.54) is 12.1 Å². The van der Waals surface area contributed by atoms with Crippen molar-refractivity contribution in [2.24, 2.45) is 11.7 Å². The van der Waals surface area contributed by atoms with Crippen LogP contribution in [0.15, 0.2) is 12.1 Å². The van der Waals surface area contributed by atoms with Crippen LogP contribution >= 0.6 is 22.9 Å². The Kier molecular flexibility index (Phi) is 9.03. The van der Waals surface area contributed by atoms with Crippen molar-refractivity contribution >= 4 is 60.7 Å². The van der Waals surface area contributed by atoms with E-state index < -0.39 is 35.5 Å². The molecular weight excluding hydrogens is 729 g/mol. The third-order valence-electron chi connectivity index (χ3n) is 11.3. The number of thiophene rings is 1. The minimum atomic E-state index is -0.978. The fourth-order valence-corrected chi connectivity index (χ4v) is 9.90. The maximum atomic E-state index is 17.4. The number of carbonyl (C=O) groups is 1.